The third-order valence-corrected chi connectivity index (χ3v) is 2.90. The summed E-state index contributed by atoms with van der Waals surface area (Å²) in [6, 6.07) is 3.03. The molecule has 0 aliphatic carbocycles. The third-order valence-electron chi connectivity index (χ3n) is 1.66. The lowest BCUT2D eigenvalue weighted by molar-refractivity contribution is 0.102. The van der Waals surface area contributed by atoms with Crippen LogP contribution in [0.5, 0.6) is 5.75 Å². The average Bonchev–Trinajstić information content (AvgIpc) is 2.20. The maximum atomic E-state index is 11.4. The number of ether oxygens (including phenoxy) is 1. The minimum atomic E-state index is -0.0968. The second-order valence-electron chi connectivity index (χ2n) is 2.52. The summed E-state index contributed by atoms with van der Waals surface area (Å²) in [6.07, 6.45) is 0. The molecular weight excluding hydrogens is 291 g/mol. The zero-order valence-electron chi connectivity index (χ0n) is 7.31. The van der Waals surface area contributed by atoms with Gasteiger partial charge in [0.1, 0.15) is 5.75 Å². The first-order valence-electron chi connectivity index (χ1n) is 3.72. The fraction of sp³-hybridized carbons (Fsp3) is 0.222. The number of hydrogen-bond acceptors (Lipinski definition) is 2. The second kappa shape index (κ2) is 5.01. The Kier molecular flexibility index (Phi) is 4.23. The lowest BCUT2D eigenvalue weighted by Crippen LogP contribution is -2.03. The van der Waals surface area contributed by atoms with Gasteiger partial charge in [0.25, 0.3) is 0 Å². The summed E-state index contributed by atoms with van der Waals surface area (Å²) in [7, 11) is 1.48. The van der Waals surface area contributed by atoms with Gasteiger partial charge in [0, 0.05) is 6.07 Å². The Morgan fingerprint density at radius 2 is 2.00 bits per heavy atom. The molecule has 0 saturated carbocycles. The van der Waals surface area contributed by atoms with Crippen molar-refractivity contribution in [2.45, 2.75) is 0 Å². The minimum Gasteiger partial charge on any atom is -0.496 e. The molecule has 0 N–H and O–H groups in total. The van der Waals surface area contributed by atoms with Crippen LogP contribution in [0.4, 0.5) is 0 Å². The molecule has 0 unspecified atom stereocenters. The fourth-order valence-electron chi connectivity index (χ4n) is 0.987. The van der Waals surface area contributed by atoms with Crippen molar-refractivity contribution in [3.63, 3.8) is 0 Å². The topological polar surface area (TPSA) is 26.3 Å². The summed E-state index contributed by atoms with van der Waals surface area (Å²) < 4.78 is 5.02. The van der Waals surface area contributed by atoms with Crippen LogP contribution in [0, 0.1) is 0 Å². The Hall–Kier alpha value is -0.250. The number of benzene rings is 1. The number of halogens is 3. The molecule has 1 rings (SSSR count). The predicted octanol–water partition coefficient (Wildman–Crippen LogP) is 3.58. The lowest BCUT2D eigenvalue weighted by atomic mass is 10.1. The van der Waals surface area contributed by atoms with E-state index in [4.69, 9.17) is 27.9 Å². The average molecular weight is 298 g/mol. The number of alkyl halides is 1. The minimum absolute atomic E-state index is 0.0968. The maximum Gasteiger partial charge on any atom is 0.177 e. The molecule has 14 heavy (non-hydrogen) atoms. The molecule has 0 fully saturated rings. The Balaban J connectivity index is 3.27. The monoisotopic (exact) mass is 296 g/mol. The van der Waals surface area contributed by atoms with Crippen molar-refractivity contribution < 1.29 is 9.53 Å². The summed E-state index contributed by atoms with van der Waals surface area (Å²) in [4.78, 5) is 11.4. The first-order valence-corrected chi connectivity index (χ1v) is 5.60. The molecule has 0 aliphatic rings. The molecule has 2 nitrogen and oxygen atoms in total. The molecule has 0 heterocycles. The lowest BCUT2D eigenvalue weighted by Gasteiger charge is -2.07. The molecule has 0 radical (unpaired) electrons. The number of rotatable bonds is 3. The molecule has 1 aromatic rings. The van der Waals surface area contributed by atoms with Gasteiger partial charge in [-0.3, -0.25) is 4.79 Å². The number of Topliss-reactive ketones (excluding diaryl/α,β-unsaturated/α-hetero) is 1. The predicted molar refractivity (Wildman–Crippen MR) is 61.1 cm³/mol. The van der Waals surface area contributed by atoms with Crippen molar-refractivity contribution in [1.29, 1.82) is 0 Å². The van der Waals surface area contributed by atoms with Gasteiger partial charge in [0.2, 0.25) is 0 Å². The van der Waals surface area contributed by atoms with E-state index in [-0.39, 0.29) is 11.1 Å². The zero-order chi connectivity index (χ0) is 10.7. The summed E-state index contributed by atoms with van der Waals surface area (Å²) in [5.41, 5.74) is 0.429. The van der Waals surface area contributed by atoms with Crippen LogP contribution >= 0.6 is 39.1 Å². The standard InChI is InChI=1S/C9H7BrCl2O2/c1-14-9-3-7(12)6(11)2-5(9)8(13)4-10/h2-3H,4H2,1H3. The second-order valence-corrected chi connectivity index (χ2v) is 3.90. The molecule has 76 valence electrons. The van der Waals surface area contributed by atoms with Crippen LogP contribution in [-0.4, -0.2) is 18.2 Å². The number of ketones is 1. The first kappa shape index (κ1) is 11.8. The van der Waals surface area contributed by atoms with Gasteiger partial charge in [-0.15, -0.1) is 0 Å². The number of carbonyl (C=O) groups is 1. The largest absolute Gasteiger partial charge is 0.496 e. The van der Waals surface area contributed by atoms with E-state index >= 15 is 0 Å². The van der Waals surface area contributed by atoms with E-state index in [1.807, 2.05) is 0 Å². The van der Waals surface area contributed by atoms with E-state index in [1.54, 1.807) is 0 Å². The van der Waals surface area contributed by atoms with Gasteiger partial charge in [-0.25, -0.2) is 0 Å². The molecule has 0 saturated heterocycles. The van der Waals surface area contributed by atoms with Gasteiger partial charge in [-0.05, 0) is 6.07 Å². The smallest absolute Gasteiger partial charge is 0.177 e. The third kappa shape index (κ3) is 2.41. The molecule has 0 aromatic heterocycles. The van der Waals surface area contributed by atoms with Crippen LogP contribution in [0.25, 0.3) is 0 Å². The highest BCUT2D eigenvalue weighted by Crippen LogP contribution is 2.30. The van der Waals surface area contributed by atoms with E-state index in [0.717, 1.165) is 0 Å². The van der Waals surface area contributed by atoms with Gasteiger partial charge in [-0.2, -0.15) is 0 Å². The summed E-state index contributed by atoms with van der Waals surface area (Å²) in [5, 5.41) is 0.938. The van der Waals surface area contributed by atoms with Crippen LogP contribution in [0.2, 0.25) is 10.0 Å². The Bertz CT molecular complexity index is 366. The first-order chi connectivity index (χ1) is 6.60. The Labute approximate surface area is 100 Å². The Morgan fingerprint density at radius 1 is 1.43 bits per heavy atom. The molecule has 0 amide bonds. The van der Waals surface area contributed by atoms with E-state index in [9.17, 15) is 4.79 Å². The van der Waals surface area contributed by atoms with Crippen LogP contribution < -0.4 is 4.74 Å². The van der Waals surface area contributed by atoms with Gasteiger partial charge < -0.3 is 4.74 Å². The van der Waals surface area contributed by atoms with Gasteiger partial charge in [-0.1, -0.05) is 39.1 Å². The van der Waals surface area contributed by atoms with Crippen molar-refractivity contribution in [2.75, 3.05) is 12.4 Å². The van der Waals surface area contributed by atoms with Crippen LogP contribution in [0.3, 0.4) is 0 Å². The summed E-state index contributed by atoms with van der Waals surface area (Å²) >= 11 is 14.6. The molecule has 0 aliphatic heterocycles. The number of carbonyl (C=O) groups excluding carboxylic acids is 1. The summed E-state index contributed by atoms with van der Waals surface area (Å²) in [6.45, 7) is 0. The molecular formula is C9H7BrCl2O2. The van der Waals surface area contributed by atoms with Crippen molar-refractivity contribution >= 4 is 44.9 Å². The SMILES string of the molecule is COc1cc(Cl)c(Cl)cc1C(=O)CBr. The molecule has 5 heteroatoms. The van der Waals surface area contributed by atoms with Crippen LogP contribution in [-0.2, 0) is 0 Å². The van der Waals surface area contributed by atoms with E-state index in [0.29, 0.717) is 21.4 Å². The zero-order valence-corrected chi connectivity index (χ0v) is 10.4. The van der Waals surface area contributed by atoms with Crippen molar-refractivity contribution in [2.24, 2.45) is 0 Å². The number of methoxy groups -OCH3 is 1. The maximum absolute atomic E-state index is 11.4. The van der Waals surface area contributed by atoms with Gasteiger partial charge >= 0.3 is 0 Å². The normalized spacial score (nSPS) is 10.0. The van der Waals surface area contributed by atoms with Gasteiger partial charge in [0.05, 0.1) is 28.0 Å². The van der Waals surface area contributed by atoms with Crippen LogP contribution in [0.15, 0.2) is 12.1 Å². The molecule has 0 bridgehead atoms. The quantitative estimate of drug-likeness (QED) is 0.630. The van der Waals surface area contributed by atoms with E-state index < -0.39 is 0 Å². The van der Waals surface area contributed by atoms with E-state index in [2.05, 4.69) is 15.9 Å². The molecule has 0 spiro atoms. The highest BCUT2D eigenvalue weighted by Gasteiger charge is 2.13. The molecule has 1 aromatic carbocycles. The highest BCUT2D eigenvalue weighted by atomic mass is 79.9. The summed E-state index contributed by atoms with van der Waals surface area (Å²) in [5.74, 6) is 0.337. The van der Waals surface area contributed by atoms with Crippen molar-refractivity contribution in [3.8, 4) is 5.75 Å². The fourth-order valence-corrected chi connectivity index (χ4v) is 1.61. The number of hydrogen-bond donors (Lipinski definition) is 0. The van der Waals surface area contributed by atoms with Gasteiger partial charge in [0.15, 0.2) is 5.78 Å². The van der Waals surface area contributed by atoms with E-state index in [1.165, 1.54) is 19.2 Å². The molecule has 0 atom stereocenters. The highest BCUT2D eigenvalue weighted by molar-refractivity contribution is 9.09. The van der Waals surface area contributed by atoms with Crippen LogP contribution in [0.1, 0.15) is 10.4 Å². The van der Waals surface area contributed by atoms with Crippen molar-refractivity contribution in [3.05, 3.63) is 27.7 Å². The van der Waals surface area contributed by atoms with Crippen molar-refractivity contribution in [1.82, 2.24) is 0 Å². The Morgan fingerprint density at radius 3 is 2.50 bits per heavy atom.